The van der Waals surface area contributed by atoms with E-state index in [2.05, 4.69) is 46.7 Å². The summed E-state index contributed by atoms with van der Waals surface area (Å²) in [6.45, 7) is 5.24. The number of carbonyl (C=O) groups excluding carboxylic acids is 1. The molecular weight excluding hydrogens is 292 g/mol. The summed E-state index contributed by atoms with van der Waals surface area (Å²) < 4.78 is 0.862. The van der Waals surface area contributed by atoms with Gasteiger partial charge in [-0.1, -0.05) is 0 Å². The molecule has 1 aromatic carbocycles. The number of benzene rings is 1. The van der Waals surface area contributed by atoms with Gasteiger partial charge in [0.1, 0.15) is 0 Å². The lowest BCUT2D eigenvalue weighted by molar-refractivity contribution is 0.112. The van der Waals surface area contributed by atoms with E-state index >= 15 is 0 Å². The summed E-state index contributed by atoms with van der Waals surface area (Å²) in [4.78, 5) is 15.3. The molecule has 0 radical (unpaired) electrons. The molecule has 100 valence electrons. The van der Waals surface area contributed by atoms with Gasteiger partial charge < -0.3 is 9.80 Å². The largest absolute Gasteiger partial charge is 0.372 e. The van der Waals surface area contributed by atoms with Crippen LogP contribution in [0.3, 0.4) is 0 Å². The van der Waals surface area contributed by atoms with Gasteiger partial charge in [-0.25, -0.2) is 0 Å². The molecule has 0 aliphatic rings. The van der Waals surface area contributed by atoms with Gasteiger partial charge in [-0.05, 0) is 68.1 Å². The number of nitrogens with zero attached hydrogens (tertiary/aromatic N) is 2. The first-order valence-electron chi connectivity index (χ1n) is 6.23. The number of halogens is 1. The van der Waals surface area contributed by atoms with E-state index in [0.717, 1.165) is 42.5 Å². The van der Waals surface area contributed by atoms with Crippen molar-refractivity contribution in [3.05, 3.63) is 28.2 Å². The summed E-state index contributed by atoms with van der Waals surface area (Å²) in [5.41, 5.74) is 1.86. The van der Waals surface area contributed by atoms with Crippen molar-refractivity contribution in [2.24, 2.45) is 0 Å². The van der Waals surface area contributed by atoms with Crippen LogP contribution in [-0.2, 0) is 0 Å². The molecular formula is C14H21BrN2O. The first kappa shape index (κ1) is 15.2. The van der Waals surface area contributed by atoms with Gasteiger partial charge in [0.2, 0.25) is 0 Å². The minimum absolute atomic E-state index is 0.697. The van der Waals surface area contributed by atoms with Crippen molar-refractivity contribution in [1.29, 1.82) is 0 Å². The van der Waals surface area contributed by atoms with Crippen molar-refractivity contribution in [1.82, 2.24) is 4.90 Å². The number of hydrogen-bond donors (Lipinski definition) is 0. The van der Waals surface area contributed by atoms with Crippen LogP contribution in [-0.4, -0.2) is 44.9 Å². The molecule has 0 heterocycles. The molecule has 18 heavy (non-hydrogen) atoms. The Morgan fingerprint density at radius 1 is 1.28 bits per heavy atom. The Labute approximate surface area is 118 Å². The van der Waals surface area contributed by atoms with Gasteiger partial charge in [0.05, 0.1) is 0 Å². The predicted molar refractivity (Wildman–Crippen MR) is 80.6 cm³/mol. The molecule has 3 nitrogen and oxygen atoms in total. The lowest BCUT2D eigenvalue weighted by atomic mass is 10.2. The quantitative estimate of drug-likeness (QED) is 0.723. The van der Waals surface area contributed by atoms with E-state index in [-0.39, 0.29) is 0 Å². The molecule has 0 saturated carbocycles. The topological polar surface area (TPSA) is 23.6 Å². The fraction of sp³-hybridized carbons (Fsp3) is 0.500. The minimum atomic E-state index is 0.697. The summed E-state index contributed by atoms with van der Waals surface area (Å²) in [7, 11) is 4.18. The third-order valence-electron chi connectivity index (χ3n) is 2.89. The molecule has 0 aliphatic heterocycles. The molecule has 1 aromatic rings. The highest BCUT2D eigenvalue weighted by Crippen LogP contribution is 2.23. The zero-order valence-corrected chi connectivity index (χ0v) is 12.9. The van der Waals surface area contributed by atoms with Crippen molar-refractivity contribution in [2.45, 2.75) is 13.3 Å². The zero-order chi connectivity index (χ0) is 13.5. The molecule has 0 atom stereocenters. The van der Waals surface area contributed by atoms with E-state index in [0.29, 0.717) is 5.56 Å². The number of anilines is 1. The number of hydrogen-bond acceptors (Lipinski definition) is 3. The first-order chi connectivity index (χ1) is 8.58. The number of carbonyl (C=O) groups is 1. The van der Waals surface area contributed by atoms with E-state index < -0.39 is 0 Å². The standard InChI is InChI=1S/C14H21BrN2O/c1-4-17(9-5-8-16(2)3)13-7-6-12(11-18)14(15)10-13/h6-7,10-11H,4-5,8-9H2,1-3H3. The molecule has 0 aliphatic carbocycles. The number of rotatable bonds is 7. The van der Waals surface area contributed by atoms with Gasteiger partial charge in [-0.3, -0.25) is 4.79 Å². The van der Waals surface area contributed by atoms with Crippen LogP contribution in [0.1, 0.15) is 23.7 Å². The van der Waals surface area contributed by atoms with Crippen molar-refractivity contribution in [3.8, 4) is 0 Å². The van der Waals surface area contributed by atoms with E-state index in [1.54, 1.807) is 0 Å². The molecule has 0 saturated heterocycles. The van der Waals surface area contributed by atoms with Gasteiger partial charge >= 0.3 is 0 Å². The molecule has 0 fully saturated rings. The van der Waals surface area contributed by atoms with Gasteiger partial charge in [-0.15, -0.1) is 0 Å². The first-order valence-corrected chi connectivity index (χ1v) is 7.02. The van der Waals surface area contributed by atoms with Crippen LogP contribution in [0, 0.1) is 0 Å². The highest BCUT2D eigenvalue weighted by atomic mass is 79.9. The number of aldehydes is 1. The summed E-state index contributed by atoms with van der Waals surface area (Å²) in [6.07, 6.45) is 2.00. The molecule has 0 bridgehead atoms. The second-order valence-corrected chi connectivity index (χ2v) is 5.41. The SMILES string of the molecule is CCN(CCCN(C)C)c1ccc(C=O)c(Br)c1. The third kappa shape index (κ3) is 4.42. The van der Waals surface area contributed by atoms with Crippen molar-refractivity contribution >= 4 is 27.9 Å². The highest BCUT2D eigenvalue weighted by molar-refractivity contribution is 9.10. The van der Waals surface area contributed by atoms with Crippen LogP contribution in [0.15, 0.2) is 22.7 Å². The Morgan fingerprint density at radius 2 is 2.00 bits per heavy atom. The van der Waals surface area contributed by atoms with Crippen LogP contribution < -0.4 is 4.90 Å². The fourth-order valence-electron chi connectivity index (χ4n) is 1.86. The maximum absolute atomic E-state index is 10.8. The third-order valence-corrected chi connectivity index (χ3v) is 3.58. The van der Waals surface area contributed by atoms with Crippen LogP contribution in [0.5, 0.6) is 0 Å². The molecule has 0 N–H and O–H groups in total. The lowest BCUT2D eigenvalue weighted by Crippen LogP contribution is -2.27. The Bertz CT molecular complexity index is 393. The van der Waals surface area contributed by atoms with Crippen LogP contribution in [0.2, 0.25) is 0 Å². The monoisotopic (exact) mass is 312 g/mol. The average molecular weight is 313 g/mol. The summed E-state index contributed by atoms with van der Waals surface area (Å²) in [5, 5.41) is 0. The van der Waals surface area contributed by atoms with Crippen LogP contribution >= 0.6 is 15.9 Å². The summed E-state index contributed by atoms with van der Waals surface area (Å²) in [6, 6.07) is 5.89. The average Bonchev–Trinajstić information content (AvgIpc) is 2.34. The van der Waals surface area contributed by atoms with Crippen molar-refractivity contribution in [3.63, 3.8) is 0 Å². The highest BCUT2D eigenvalue weighted by Gasteiger charge is 2.07. The molecule has 1 rings (SSSR count). The second kappa shape index (κ2) is 7.54. The molecule has 0 spiro atoms. The maximum atomic E-state index is 10.8. The van der Waals surface area contributed by atoms with E-state index in [1.807, 2.05) is 18.2 Å². The molecule has 4 heteroatoms. The lowest BCUT2D eigenvalue weighted by Gasteiger charge is -2.24. The summed E-state index contributed by atoms with van der Waals surface area (Å²) in [5.74, 6) is 0. The smallest absolute Gasteiger partial charge is 0.151 e. The molecule has 0 aromatic heterocycles. The Morgan fingerprint density at radius 3 is 2.50 bits per heavy atom. The van der Waals surface area contributed by atoms with Crippen LogP contribution in [0.4, 0.5) is 5.69 Å². The van der Waals surface area contributed by atoms with Gasteiger partial charge in [-0.2, -0.15) is 0 Å². The molecule has 0 unspecified atom stereocenters. The second-order valence-electron chi connectivity index (χ2n) is 4.56. The normalized spacial score (nSPS) is 10.7. The van der Waals surface area contributed by atoms with Gasteiger partial charge in [0.15, 0.2) is 6.29 Å². The Kier molecular flexibility index (Phi) is 6.36. The Balaban J connectivity index is 2.69. The van der Waals surface area contributed by atoms with E-state index in [1.165, 1.54) is 0 Å². The fourth-order valence-corrected chi connectivity index (χ4v) is 2.32. The van der Waals surface area contributed by atoms with E-state index in [4.69, 9.17) is 0 Å². The van der Waals surface area contributed by atoms with E-state index in [9.17, 15) is 4.79 Å². The van der Waals surface area contributed by atoms with Gasteiger partial charge in [0, 0.05) is 28.8 Å². The van der Waals surface area contributed by atoms with Crippen LogP contribution in [0.25, 0.3) is 0 Å². The van der Waals surface area contributed by atoms with Crippen molar-refractivity contribution in [2.75, 3.05) is 38.6 Å². The predicted octanol–water partition coefficient (Wildman–Crippen LogP) is 3.04. The Hall–Kier alpha value is -0.870. The van der Waals surface area contributed by atoms with Crippen molar-refractivity contribution < 1.29 is 4.79 Å². The summed E-state index contributed by atoms with van der Waals surface area (Å²) >= 11 is 3.43. The minimum Gasteiger partial charge on any atom is -0.372 e. The zero-order valence-electron chi connectivity index (χ0n) is 11.3. The molecule has 0 amide bonds. The van der Waals surface area contributed by atoms with Gasteiger partial charge in [0.25, 0.3) is 0 Å². The maximum Gasteiger partial charge on any atom is 0.151 e.